The normalized spacial score (nSPS) is 15.6. The summed E-state index contributed by atoms with van der Waals surface area (Å²) in [5, 5.41) is 1.84. The number of rotatable bonds is 7. The highest BCUT2D eigenvalue weighted by molar-refractivity contribution is 7.89. The first-order valence-electron chi connectivity index (χ1n) is 9.73. The van der Waals surface area contributed by atoms with Crippen LogP contribution in [0.5, 0.6) is 0 Å². The number of hydrogen-bond acceptors (Lipinski definition) is 5. The van der Waals surface area contributed by atoms with Crippen LogP contribution in [0, 0.1) is 0 Å². The first-order valence-corrected chi connectivity index (χ1v) is 12.1. The monoisotopic (exact) mass is 434 g/mol. The fourth-order valence-corrected chi connectivity index (χ4v) is 5.41. The fraction of sp³-hybridized carbons (Fsp3) is 0.429. The lowest BCUT2D eigenvalue weighted by molar-refractivity contribution is -0.132. The summed E-state index contributed by atoms with van der Waals surface area (Å²) < 4.78 is 27.2. The van der Waals surface area contributed by atoms with Crippen molar-refractivity contribution in [3.05, 3.63) is 52.2 Å². The van der Waals surface area contributed by atoms with E-state index in [2.05, 4.69) is 13.8 Å². The summed E-state index contributed by atoms with van der Waals surface area (Å²) >= 11 is 1.37. The molecule has 1 aliphatic rings. The zero-order chi connectivity index (χ0) is 21.0. The molecule has 1 aliphatic heterocycles. The molecular weight excluding hydrogens is 408 g/mol. The summed E-state index contributed by atoms with van der Waals surface area (Å²) in [6, 6.07) is 10.6. The molecule has 0 aliphatic carbocycles. The van der Waals surface area contributed by atoms with Gasteiger partial charge in [-0.15, -0.1) is 11.3 Å². The predicted molar refractivity (Wildman–Crippen MR) is 114 cm³/mol. The smallest absolute Gasteiger partial charge is 0.243 e. The highest BCUT2D eigenvalue weighted by atomic mass is 32.2. The fourth-order valence-electron chi connectivity index (χ4n) is 3.29. The summed E-state index contributed by atoms with van der Waals surface area (Å²) in [6.07, 6.45) is 0.334. The molecule has 1 fully saturated rings. The van der Waals surface area contributed by atoms with Crippen molar-refractivity contribution in [3.63, 3.8) is 0 Å². The van der Waals surface area contributed by atoms with Crippen molar-refractivity contribution in [3.8, 4) is 0 Å². The Labute approximate surface area is 176 Å². The second-order valence-electron chi connectivity index (χ2n) is 7.41. The highest BCUT2D eigenvalue weighted by Gasteiger charge is 2.30. The van der Waals surface area contributed by atoms with E-state index >= 15 is 0 Å². The van der Waals surface area contributed by atoms with Crippen LogP contribution >= 0.6 is 11.3 Å². The lowest BCUT2D eigenvalue weighted by atomic mass is 10.0. The van der Waals surface area contributed by atoms with Crippen LogP contribution in [0.3, 0.4) is 0 Å². The molecule has 1 aromatic carbocycles. The van der Waals surface area contributed by atoms with E-state index in [0.717, 1.165) is 5.56 Å². The average Bonchev–Trinajstić information content (AvgIpc) is 3.27. The molecule has 156 valence electrons. The van der Waals surface area contributed by atoms with Crippen molar-refractivity contribution in [1.82, 2.24) is 9.21 Å². The molecule has 0 spiro atoms. The van der Waals surface area contributed by atoms with Gasteiger partial charge < -0.3 is 4.90 Å². The van der Waals surface area contributed by atoms with Crippen LogP contribution in [0.25, 0.3) is 0 Å². The lowest BCUT2D eigenvalue weighted by Gasteiger charge is -2.34. The number of Topliss-reactive ketones (excluding diaryl/α,β-unsaturated/α-hetero) is 1. The number of amides is 1. The number of benzene rings is 1. The van der Waals surface area contributed by atoms with E-state index in [1.165, 1.54) is 15.6 Å². The molecule has 1 aromatic heterocycles. The number of piperazine rings is 1. The van der Waals surface area contributed by atoms with Crippen molar-refractivity contribution in [2.45, 2.75) is 37.5 Å². The van der Waals surface area contributed by atoms with E-state index in [0.29, 0.717) is 23.9 Å². The average molecular weight is 435 g/mol. The maximum atomic E-state index is 12.9. The number of ketones is 1. The molecule has 1 amide bonds. The van der Waals surface area contributed by atoms with Crippen molar-refractivity contribution in [2.24, 2.45) is 0 Å². The Bertz CT molecular complexity index is 943. The highest BCUT2D eigenvalue weighted by Crippen LogP contribution is 2.21. The second-order valence-corrected chi connectivity index (χ2v) is 10.3. The summed E-state index contributed by atoms with van der Waals surface area (Å²) in [5.74, 6) is 0.209. The lowest BCUT2D eigenvalue weighted by Crippen LogP contribution is -2.50. The molecule has 8 heteroatoms. The van der Waals surface area contributed by atoms with Crippen molar-refractivity contribution in [1.29, 1.82) is 0 Å². The zero-order valence-corrected chi connectivity index (χ0v) is 18.3. The van der Waals surface area contributed by atoms with Gasteiger partial charge in [-0.2, -0.15) is 4.31 Å². The van der Waals surface area contributed by atoms with Crippen LogP contribution in [0.1, 0.15) is 47.8 Å². The third kappa shape index (κ3) is 5.12. The quantitative estimate of drug-likeness (QED) is 0.626. The van der Waals surface area contributed by atoms with Gasteiger partial charge in [0.25, 0.3) is 0 Å². The Morgan fingerprint density at radius 3 is 2.21 bits per heavy atom. The van der Waals surface area contributed by atoms with E-state index in [1.807, 2.05) is 23.6 Å². The van der Waals surface area contributed by atoms with Crippen LogP contribution in [0.15, 0.2) is 46.7 Å². The van der Waals surface area contributed by atoms with Crippen molar-refractivity contribution >= 4 is 33.1 Å². The van der Waals surface area contributed by atoms with Crippen molar-refractivity contribution in [2.75, 3.05) is 26.2 Å². The molecule has 0 saturated carbocycles. The second kappa shape index (κ2) is 9.19. The Morgan fingerprint density at radius 2 is 1.66 bits per heavy atom. The maximum absolute atomic E-state index is 12.9. The molecule has 0 radical (unpaired) electrons. The molecule has 0 atom stereocenters. The molecule has 2 heterocycles. The summed E-state index contributed by atoms with van der Waals surface area (Å²) in [7, 11) is -3.57. The van der Waals surface area contributed by atoms with Crippen LogP contribution in [-0.4, -0.2) is 55.5 Å². The van der Waals surface area contributed by atoms with E-state index in [4.69, 9.17) is 0 Å². The van der Waals surface area contributed by atoms with Gasteiger partial charge in [0, 0.05) is 39.0 Å². The Balaban J connectivity index is 1.53. The number of hydrogen-bond donors (Lipinski definition) is 0. The number of carbonyl (C=O) groups excluding carboxylic acids is 2. The van der Waals surface area contributed by atoms with Crippen LogP contribution in [0.4, 0.5) is 0 Å². The largest absolute Gasteiger partial charge is 0.340 e. The molecule has 1 saturated heterocycles. The molecule has 0 bridgehead atoms. The van der Waals surface area contributed by atoms with Gasteiger partial charge in [0.05, 0.1) is 9.77 Å². The van der Waals surface area contributed by atoms with Gasteiger partial charge in [0.15, 0.2) is 5.78 Å². The minimum atomic E-state index is -3.57. The molecule has 2 aromatic rings. The minimum Gasteiger partial charge on any atom is -0.340 e. The van der Waals surface area contributed by atoms with Crippen LogP contribution in [0.2, 0.25) is 0 Å². The molecule has 6 nitrogen and oxygen atoms in total. The SMILES string of the molecule is CC(C)c1ccc(S(=O)(=O)N2CCN(C(=O)CCC(=O)c3cccs3)CC2)cc1. The van der Waals surface area contributed by atoms with Gasteiger partial charge in [-0.25, -0.2) is 8.42 Å². The summed E-state index contributed by atoms with van der Waals surface area (Å²) in [4.78, 5) is 27.1. The van der Waals surface area contributed by atoms with Crippen molar-refractivity contribution < 1.29 is 18.0 Å². The predicted octanol–water partition coefficient (Wildman–Crippen LogP) is 3.37. The third-order valence-corrected chi connectivity index (χ3v) is 7.96. The van der Waals surface area contributed by atoms with E-state index in [1.54, 1.807) is 23.1 Å². The molecule has 29 heavy (non-hydrogen) atoms. The topological polar surface area (TPSA) is 74.8 Å². The Morgan fingerprint density at radius 1 is 1.00 bits per heavy atom. The van der Waals surface area contributed by atoms with E-state index in [9.17, 15) is 18.0 Å². The van der Waals surface area contributed by atoms with Gasteiger partial charge >= 0.3 is 0 Å². The van der Waals surface area contributed by atoms with E-state index in [-0.39, 0.29) is 42.5 Å². The standard InChI is InChI=1S/C21H26N2O4S2/c1-16(2)17-5-7-18(8-6-17)29(26,27)23-13-11-22(12-14-23)21(25)10-9-19(24)20-4-3-15-28-20/h3-8,15-16H,9-14H2,1-2H3. The van der Waals surface area contributed by atoms with Gasteiger partial charge in [-0.05, 0) is 35.1 Å². The number of sulfonamides is 1. The Hall–Kier alpha value is -2.03. The summed E-state index contributed by atoms with van der Waals surface area (Å²) in [6.45, 7) is 5.34. The molecule has 0 N–H and O–H groups in total. The minimum absolute atomic E-state index is 0.0283. The molecule has 0 unspecified atom stereocenters. The maximum Gasteiger partial charge on any atom is 0.243 e. The van der Waals surface area contributed by atoms with Gasteiger partial charge in [0.2, 0.25) is 15.9 Å². The van der Waals surface area contributed by atoms with Crippen LogP contribution < -0.4 is 0 Å². The van der Waals surface area contributed by atoms with Gasteiger partial charge in [-0.3, -0.25) is 9.59 Å². The first-order chi connectivity index (χ1) is 13.8. The van der Waals surface area contributed by atoms with E-state index < -0.39 is 10.0 Å². The number of nitrogens with zero attached hydrogens (tertiary/aromatic N) is 2. The third-order valence-electron chi connectivity index (χ3n) is 5.14. The summed E-state index contributed by atoms with van der Waals surface area (Å²) in [5.41, 5.74) is 1.09. The van der Waals surface area contributed by atoms with Crippen LogP contribution in [-0.2, 0) is 14.8 Å². The van der Waals surface area contributed by atoms with Gasteiger partial charge in [0.1, 0.15) is 0 Å². The molecular formula is C21H26N2O4S2. The number of carbonyl (C=O) groups is 2. The van der Waals surface area contributed by atoms with Gasteiger partial charge in [-0.1, -0.05) is 32.0 Å². The molecule has 3 rings (SSSR count). The first kappa shape index (κ1) is 21.7. The zero-order valence-electron chi connectivity index (χ0n) is 16.7. The number of thiophene rings is 1. The Kier molecular flexibility index (Phi) is 6.87.